The van der Waals surface area contributed by atoms with E-state index in [-0.39, 0.29) is 12.5 Å². The van der Waals surface area contributed by atoms with E-state index in [1.165, 1.54) is 0 Å². The molecule has 0 atom stereocenters. The van der Waals surface area contributed by atoms with Crippen molar-refractivity contribution in [1.29, 1.82) is 0 Å². The van der Waals surface area contributed by atoms with Gasteiger partial charge in [0.25, 0.3) is 5.89 Å². The van der Waals surface area contributed by atoms with Crippen LogP contribution < -0.4 is 5.32 Å². The summed E-state index contributed by atoms with van der Waals surface area (Å²) in [4.78, 5) is 16.8. The van der Waals surface area contributed by atoms with Gasteiger partial charge in [0.15, 0.2) is 0 Å². The number of hydrogen-bond donors (Lipinski definition) is 1. The summed E-state index contributed by atoms with van der Waals surface area (Å²) in [6, 6.07) is 20.7. The lowest BCUT2D eigenvalue weighted by Gasteiger charge is -2.07. The molecule has 134 valence electrons. The van der Waals surface area contributed by atoms with Gasteiger partial charge in [-0.2, -0.15) is 4.98 Å². The quantitative estimate of drug-likeness (QED) is 0.509. The second-order valence-electron chi connectivity index (χ2n) is 5.87. The molecule has 0 saturated heterocycles. The van der Waals surface area contributed by atoms with Crippen LogP contribution in [0.3, 0.4) is 0 Å². The molecule has 0 fully saturated rings. The average molecular weight is 423 g/mol. The molecule has 4 rings (SSSR count). The van der Waals surface area contributed by atoms with Crippen LogP contribution in [0.5, 0.6) is 0 Å². The number of carbonyl (C=O) groups excluding carboxylic acids is 1. The van der Waals surface area contributed by atoms with E-state index in [1.807, 2.05) is 72.9 Å². The molecule has 1 amide bonds. The zero-order valence-corrected chi connectivity index (χ0v) is 15.8. The molecular weight excluding hydrogens is 408 g/mol. The number of nitrogens with one attached hydrogen (secondary N) is 1. The van der Waals surface area contributed by atoms with Gasteiger partial charge in [-0.25, -0.2) is 0 Å². The molecule has 2 aromatic carbocycles. The predicted molar refractivity (Wildman–Crippen MR) is 106 cm³/mol. The Hall–Kier alpha value is -3.19. The van der Waals surface area contributed by atoms with E-state index in [0.717, 1.165) is 15.7 Å². The van der Waals surface area contributed by atoms with E-state index < -0.39 is 0 Å². The van der Waals surface area contributed by atoms with Gasteiger partial charge >= 0.3 is 0 Å². The van der Waals surface area contributed by atoms with E-state index in [9.17, 15) is 4.79 Å². The highest BCUT2D eigenvalue weighted by atomic mass is 79.9. The minimum absolute atomic E-state index is 0.133. The third-order valence-corrected chi connectivity index (χ3v) is 4.48. The number of nitrogens with zero attached hydrogens (tertiary/aromatic N) is 3. The monoisotopic (exact) mass is 422 g/mol. The first-order valence-corrected chi connectivity index (χ1v) is 9.08. The van der Waals surface area contributed by atoms with Crippen molar-refractivity contribution >= 4 is 27.5 Å². The Kier molecular flexibility index (Phi) is 4.84. The lowest BCUT2D eigenvalue weighted by Crippen LogP contribution is -2.18. The third kappa shape index (κ3) is 3.98. The van der Waals surface area contributed by atoms with E-state index in [1.54, 1.807) is 4.57 Å². The first-order valence-electron chi connectivity index (χ1n) is 8.29. The predicted octanol–water partition coefficient (Wildman–Crippen LogP) is 4.61. The molecule has 7 heteroatoms. The molecule has 0 aliphatic carbocycles. The highest BCUT2D eigenvalue weighted by Gasteiger charge is 2.15. The van der Waals surface area contributed by atoms with E-state index in [4.69, 9.17) is 4.52 Å². The summed E-state index contributed by atoms with van der Waals surface area (Å²) in [6.07, 6.45) is 1.81. The van der Waals surface area contributed by atoms with Crippen LogP contribution in [-0.2, 0) is 11.3 Å². The summed E-state index contributed by atoms with van der Waals surface area (Å²) in [5.74, 6) is 0.732. The van der Waals surface area contributed by atoms with Crippen molar-refractivity contribution in [2.24, 2.45) is 0 Å². The first-order chi connectivity index (χ1) is 13.2. The fourth-order valence-corrected chi connectivity index (χ4v) is 2.93. The number of hydrogen-bond acceptors (Lipinski definition) is 4. The molecular formula is C20H15BrN4O2. The smallest absolute Gasteiger partial charge is 0.274 e. The molecule has 6 nitrogen and oxygen atoms in total. The zero-order valence-electron chi connectivity index (χ0n) is 14.2. The van der Waals surface area contributed by atoms with Crippen LogP contribution in [0.2, 0.25) is 0 Å². The minimum atomic E-state index is -0.133. The van der Waals surface area contributed by atoms with Crippen LogP contribution in [0.25, 0.3) is 23.0 Å². The van der Waals surface area contributed by atoms with Crippen molar-refractivity contribution in [2.75, 3.05) is 5.32 Å². The van der Waals surface area contributed by atoms with Crippen LogP contribution >= 0.6 is 15.9 Å². The van der Waals surface area contributed by atoms with Crippen LogP contribution in [0.15, 0.2) is 81.9 Å². The van der Waals surface area contributed by atoms with Crippen molar-refractivity contribution in [2.45, 2.75) is 6.54 Å². The molecule has 0 radical (unpaired) electrons. The fourth-order valence-electron chi connectivity index (χ4n) is 2.67. The van der Waals surface area contributed by atoms with Crippen molar-refractivity contribution < 1.29 is 9.32 Å². The molecule has 1 N–H and O–H groups in total. The molecule has 2 aromatic heterocycles. The lowest BCUT2D eigenvalue weighted by molar-refractivity contribution is -0.116. The summed E-state index contributed by atoms with van der Waals surface area (Å²) in [7, 11) is 0. The maximum absolute atomic E-state index is 12.3. The minimum Gasteiger partial charge on any atom is -0.334 e. The molecule has 0 unspecified atom stereocenters. The van der Waals surface area contributed by atoms with Gasteiger partial charge < -0.3 is 14.4 Å². The lowest BCUT2D eigenvalue weighted by atomic mass is 10.2. The SMILES string of the molecule is O=C(Cn1cccc1-c1nc(-c2ccc(Br)cc2)no1)Nc1ccccc1. The van der Waals surface area contributed by atoms with E-state index in [0.29, 0.717) is 17.4 Å². The number of benzene rings is 2. The normalized spacial score (nSPS) is 10.7. The van der Waals surface area contributed by atoms with Crippen LogP contribution in [0.4, 0.5) is 5.69 Å². The second kappa shape index (κ2) is 7.59. The van der Waals surface area contributed by atoms with Gasteiger partial charge in [0.05, 0.1) is 0 Å². The Morgan fingerprint density at radius 1 is 1.04 bits per heavy atom. The van der Waals surface area contributed by atoms with Gasteiger partial charge in [0, 0.05) is 21.9 Å². The van der Waals surface area contributed by atoms with Crippen LogP contribution in [0.1, 0.15) is 0 Å². The highest BCUT2D eigenvalue weighted by Crippen LogP contribution is 2.24. The number of carbonyl (C=O) groups is 1. The number of para-hydroxylation sites is 1. The molecule has 0 spiro atoms. The summed E-state index contributed by atoms with van der Waals surface area (Å²) >= 11 is 3.41. The van der Waals surface area contributed by atoms with Crippen molar-refractivity contribution in [3.63, 3.8) is 0 Å². The summed E-state index contributed by atoms with van der Waals surface area (Å²) < 4.78 is 8.16. The molecule has 0 aliphatic rings. The van der Waals surface area contributed by atoms with Gasteiger partial charge in [-0.3, -0.25) is 4.79 Å². The Morgan fingerprint density at radius 3 is 2.59 bits per heavy atom. The molecule has 4 aromatic rings. The Balaban J connectivity index is 1.52. The zero-order chi connectivity index (χ0) is 18.6. The first kappa shape index (κ1) is 17.2. The van der Waals surface area contributed by atoms with Gasteiger partial charge in [-0.15, -0.1) is 0 Å². The van der Waals surface area contributed by atoms with Crippen molar-refractivity contribution in [3.05, 3.63) is 77.4 Å². The number of anilines is 1. The number of aromatic nitrogens is 3. The fraction of sp³-hybridized carbons (Fsp3) is 0.0500. The number of amides is 1. The number of rotatable bonds is 5. The molecule has 0 saturated carbocycles. The molecule has 0 aliphatic heterocycles. The maximum Gasteiger partial charge on any atom is 0.274 e. The molecule has 27 heavy (non-hydrogen) atoms. The van der Waals surface area contributed by atoms with Crippen LogP contribution in [0, 0.1) is 0 Å². The standard InChI is InChI=1S/C20H15BrN4O2/c21-15-10-8-14(9-11-15)19-23-20(27-24-19)17-7-4-12-25(17)13-18(26)22-16-5-2-1-3-6-16/h1-12H,13H2,(H,22,26). The third-order valence-electron chi connectivity index (χ3n) is 3.95. The topological polar surface area (TPSA) is 73.0 Å². The largest absolute Gasteiger partial charge is 0.334 e. The Bertz CT molecular complexity index is 1060. The second-order valence-corrected chi connectivity index (χ2v) is 6.78. The number of halogens is 1. The highest BCUT2D eigenvalue weighted by molar-refractivity contribution is 9.10. The maximum atomic E-state index is 12.3. The average Bonchev–Trinajstić information content (AvgIpc) is 3.32. The van der Waals surface area contributed by atoms with Gasteiger partial charge in [-0.1, -0.05) is 39.3 Å². The molecule has 0 bridgehead atoms. The molecule has 2 heterocycles. The van der Waals surface area contributed by atoms with Gasteiger partial charge in [0.1, 0.15) is 12.2 Å². The van der Waals surface area contributed by atoms with E-state index >= 15 is 0 Å². The Labute approximate surface area is 164 Å². The Morgan fingerprint density at radius 2 is 1.81 bits per heavy atom. The van der Waals surface area contributed by atoms with Gasteiger partial charge in [-0.05, 0) is 48.5 Å². The summed E-state index contributed by atoms with van der Waals surface area (Å²) in [5, 5.41) is 6.91. The summed E-state index contributed by atoms with van der Waals surface area (Å²) in [5.41, 5.74) is 2.30. The van der Waals surface area contributed by atoms with Gasteiger partial charge in [0.2, 0.25) is 11.7 Å². The van der Waals surface area contributed by atoms with Crippen LogP contribution in [-0.4, -0.2) is 20.6 Å². The summed E-state index contributed by atoms with van der Waals surface area (Å²) in [6.45, 7) is 0.146. The van der Waals surface area contributed by atoms with Crippen molar-refractivity contribution in [1.82, 2.24) is 14.7 Å². The van der Waals surface area contributed by atoms with E-state index in [2.05, 4.69) is 31.4 Å². The van der Waals surface area contributed by atoms with Crippen molar-refractivity contribution in [3.8, 4) is 23.0 Å².